The lowest BCUT2D eigenvalue weighted by Gasteiger charge is -2.22. The minimum Gasteiger partial charge on any atom is -0.364 e. The van der Waals surface area contributed by atoms with Gasteiger partial charge >= 0.3 is 0 Å². The molecule has 5 nitrogen and oxygen atoms in total. The standard InChI is InChI=1S/C19H19ClN4OS.ClH/c20-13-5-3-12(4-6-13)16-9-14-15(8-11-2-1-7-22-10-11)23-24-17(19(21)25)18(14)26-16;/h3-6,9,11,22H,1-2,7-8,10H2,(H2,21,25);1H. The molecule has 3 heterocycles. The molecule has 8 heteroatoms. The van der Waals surface area contributed by atoms with Crippen LogP contribution in [0.1, 0.15) is 29.0 Å². The van der Waals surface area contributed by atoms with Crippen molar-refractivity contribution in [1.82, 2.24) is 15.5 Å². The number of nitrogens with one attached hydrogen (secondary N) is 1. The fourth-order valence-electron chi connectivity index (χ4n) is 3.43. The Kier molecular flexibility index (Phi) is 6.32. The fraction of sp³-hybridized carbons (Fsp3) is 0.316. The number of fused-ring (bicyclic) bond motifs is 1. The molecule has 0 bridgehead atoms. The van der Waals surface area contributed by atoms with Gasteiger partial charge in [-0.1, -0.05) is 23.7 Å². The number of nitrogens with zero attached hydrogens (tertiary/aromatic N) is 2. The number of carbonyl (C=O) groups excluding carboxylic acids is 1. The number of rotatable bonds is 4. The van der Waals surface area contributed by atoms with Gasteiger partial charge < -0.3 is 11.1 Å². The molecule has 1 aromatic carbocycles. The van der Waals surface area contributed by atoms with Crippen LogP contribution in [0.2, 0.25) is 5.02 Å². The Labute approximate surface area is 172 Å². The van der Waals surface area contributed by atoms with E-state index in [1.54, 1.807) is 0 Å². The fourth-order valence-corrected chi connectivity index (χ4v) is 4.73. The third kappa shape index (κ3) is 4.24. The molecule has 1 saturated heterocycles. The maximum absolute atomic E-state index is 11.8. The molecule has 27 heavy (non-hydrogen) atoms. The normalized spacial score (nSPS) is 16.9. The van der Waals surface area contributed by atoms with Gasteiger partial charge in [0.25, 0.3) is 5.91 Å². The Bertz CT molecular complexity index is 952. The number of hydrogen-bond acceptors (Lipinski definition) is 5. The zero-order valence-electron chi connectivity index (χ0n) is 14.6. The number of hydrogen-bond donors (Lipinski definition) is 2. The van der Waals surface area contributed by atoms with Crippen molar-refractivity contribution < 1.29 is 4.79 Å². The van der Waals surface area contributed by atoms with Crippen molar-refractivity contribution in [2.45, 2.75) is 19.3 Å². The zero-order valence-corrected chi connectivity index (χ0v) is 17.0. The van der Waals surface area contributed by atoms with Crippen molar-refractivity contribution >= 4 is 51.3 Å². The lowest BCUT2D eigenvalue weighted by molar-refractivity contribution is 0.0996. The van der Waals surface area contributed by atoms with Gasteiger partial charge in [0.15, 0.2) is 5.69 Å². The molecule has 0 saturated carbocycles. The first-order valence-corrected chi connectivity index (χ1v) is 9.87. The summed E-state index contributed by atoms with van der Waals surface area (Å²) in [7, 11) is 0. The van der Waals surface area contributed by atoms with E-state index in [4.69, 9.17) is 17.3 Å². The highest BCUT2D eigenvalue weighted by atomic mass is 35.5. The number of benzene rings is 1. The lowest BCUT2D eigenvalue weighted by Crippen LogP contribution is -2.31. The third-order valence-electron chi connectivity index (χ3n) is 4.77. The third-order valence-corrected chi connectivity index (χ3v) is 6.21. The van der Waals surface area contributed by atoms with Gasteiger partial charge in [-0.05, 0) is 62.0 Å². The molecule has 3 aromatic rings. The highest BCUT2D eigenvalue weighted by molar-refractivity contribution is 7.22. The lowest BCUT2D eigenvalue weighted by atomic mass is 9.93. The number of primary amides is 1. The van der Waals surface area contributed by atoms with E-state index in [-0.39, 0.29) is 18.1 Å². The molecule has 142 valence electrons. The Morgan fingerprint density at radius 1 is 1.30 bits per heavy atom. The summed E-state index contributed by atoms with van der Waals surface area (Å²) in [6, 6.07) is 9.77. The highest BCUT2D eigenvalue weighted by Crippen LogP contribution is 2.37. The summed E-state index contributed by atoms with van der Waals surface area (Å²) < 4.78 is 0.816. The summed E-state index contributed by atoms with van der Waals surface area (Å²) in [5.74, 6) is -0.00236. The second-order valence-electron chi connectivity index (χ2n) is 6.64. The monoisotopic (exact) mass is 422 g/mol. The summed E-state index contributed by atoms with van der Waals surface area (Å²) in [5, 5.41) is 13.6. The van der Waals surface area contributed by atoms with Gasteiger partial charge in [-0.2, -0.15) is 5.10 Å². The molecule has 4 rings (SSSR count). The average Bonchev–Trinajstić information content (AvgIpc) is 3.09. The van der Waals surface area contributed by atoms with Crippen molar-refractivity contribution in [1.29, 1.82) is 0 Å². The van der Waals surface area contributed by atoms with Crippen LogP contribution in [-0.2, 0) is 6.42 Å². The summed E-state index contributed by atoms with van der Waals surface area (Å²) in [6.07, 6.45) is 3.22. The maximum Gasteiger partial charge on any atom is 0.270 e. The van der Waals surface area contributed by atoms with Crippen molar-refractivity contribution in [3.63, 3.8) is 0 Å². The Hall–Kier alpha value is -1.73. The number of aromatic nitrogens is 2. The Balaban J connectivity index is 0.00000210. The van der Waals surface area contributed by atoms with Gasteiger partial charge in [0.1, 0.15) is 0 Å². The number of amides is 1. The van der Waals surface area contributed by atoms with E-state index in [2.05, 4.69) is 21.6 Å². The second-order valence-corrected chi connectivity index (χ2v) is 8.13. The van der Waals surface area contributed by atoms with E-state index in [9.17, 15) is 4.79 Å². The van der Waals surface area contributed by atoms with Gasteiger partial charge in [-0.15, -0.1) is 28.8 Å². The van der Waals surface area contributed by atoms with Gasteiger partial charge in [-0.25, -0.2) is 0 Å². The molecule has 1 unspecified atom stereocenters. The van der Waals surface area contributed by atoms with E-state index in [0.29, 0.717) is 10.9 Å². The molecule has 1 fully saturated rings. The Morgan fingerprint density at radius 2 is 2.07 bits per heavy atom. The molecule has 0 spiro atoms. The molecule has 0 radical (unpaired) electrons. The van der Waals surface area contributed by atoms with Crippen LogP contribution in [0.5, 0.6) is 0 Å². The Morgan fingerprint density at radius 3 is 2.74 bits per heavy atom. The van der Waals surface area contributed by atoms with Crippen LogP contribution in [0.3, 0.4) is 0 Å². The molecule has 1 amide bonds. The largest absolute Gasteiger partial charge is 0.364 e. The smallest absolute Gasteiger partial charge is 0.270 e. The van der Waals surface area contributed by atoms with Crippen LogP contribution in [0.4, 0.5) is 0 Å². The number of thiophene rings is 1. The topological polar surface area (TPSA) is 80.9 Å². The van der Waals surface area contributed by atoms with Gasteiger partial charge in [0.05, 0.1) is 10.4 Å². The van der Waals surface area contributed by atoms with Crippen molar-refractivity contribution in [3.05, 3.63) is 46.7 Å². The van der Waals surface area contributed by atoms with Gasteiger partial charge in [0.2, 0.25) is 0 Å². The summed E-state index contributed by atoms with van der Waals surface area (Å²) in [4.78, 5) is 12.9. The van der Waals surface area contributed by atoms with E-state index in [1.807, 2.05) is 24.3 Å². The molecule has 1 aliphatic rings. The van der Waals surface area contributed by atoms with Crippen molar-refractivity contribution in [2.75, 3.05) is 13.1 Å². The van der Waals surface area contributed by atoms with E-state index >= 15 is 0 Å². The molecule has 1 atom stereocenters. The first kappa shape index (κ1) is 20.0. The number of nitrogens with two attached hydrogens (primary N) is 1. The SMILES string of the molecule is Cl.NC(=O)c1nnc(CC2CCCNC2)c2cc(-c3ccc(Cl)cc3)sc12. The van der Waals surface area contributed by atoms with E-state index < -0.39 is 5.91 Å². The maximum atomic E-state index is 11.8. The predicted molar refractivity (Wildman–Crippen MR) is 113 cm³/mol. The van der Waals surface area contributed by atoms with Crippen molar-refractivity contribution in [2.24, 2.45) is 11.7 Å². The molecular weight excluding hydrogens is 403 g/mol. The van der Waals surface area contributed by atoms with Gasteiger partial charge in [0, 0.05) is 15.3 Å². The number of piperidine rings is 1. The quantitative estimate of drug-likeness (QED) is 0.663. The van der Waals surface area contributed by atoms with Gasteiger partial charge in [-0.3, -0.25) is 4.79 Å². The van der Waals surface area contributed by atoms with Crippen LogP contribution in [-0.4, -0.2) is 29.2 Å². The second kappa shape index (κ2) is 8.52. The van der Waals surface area contributed by atoms with E-state index in [0.717, 1.165) is 45.7 Å². The predicted octanol–water partition coefficient (Wildman–Crippen LogP) is 4.07. The van der Waals surface area contributed by atoms with Crippen LogP contribution >= 0.6 is 35.3 Å². The van der Waals surface area contributed by atoms with Crippen LogP contribution < -0.4 is 11.1 Å². The summed E-state index contributed by atoms with van der Waals surface area (Å²) in [5.41, 5.74) is 7.76. The van der Waals surface area contributed by atoms with E-state index in [1.165, 1.54) is 24.2 Å². The molecule has 3 N–H and O–H groups in total. The zero-order chi connectivity index (χ0) is 18.1. The molecule has 0 aliphatic carbocycles. The average molecular weight is 423 g/mol. The minimum atomic E-state index is -0.544. The summed E-state index contributed by atoms with van der Waals surface area (Å²) >= 11 is 7.52. The van der Waals surface area contributed by atoms with Crippen LogP contribution in [0.25, 0.3) is 20.5 Å². The summed E-state index contributed by atoms with van der Waals surface area (Å²) in [6.45, 7) is 2.08. The number of carbonyl (C=O) groups is 1. The minimum absolute atomic E-state index is 0. The highest BCUT2D eigenvalue weighted by Gasteiger charge is 2.21. The number of halogens is 2. The van der Waals surface area contributed by atoms with Crippen LogP contribution in [0, 0.1) is 5.92 Å². The van der Waals surface area contributed by atoms with Crippen LogP contribution in [0.15, 0.2) is 30.3 Å². The molecule has 2 aromatic heterocycles. The molecular formula is C19H20Cl2N4OS. The first-order valence-electron chi connectivity index (χ1n) is 8.67. The van der Waals surface area contributed by atoms with Crippen molar-refractivity contribution in [3.8, 4) is 10.4 Å². The molecule has 1 aliphatic heterocycles. The first-order chi connectivity index (χ1) is 12.6.